The topological polar surface area (TPSA) is 36.0 Å². The molecule has 6 heteroatoms. The Morgan fingerprint density at radius 3 is 2.62 bits per heavy atom. The maximum Gasteiger partial charge on any atom is 0.319 e. The number of likely N-dealkylation sites (tertiary alicyclic amines) is 3. The Hall–Kier alpha value is -1.11. The van der Waals surface area contributed by atoms with E-state index in [0.29, 0.717) is 11.3 Å². The number of amides is 2. The molecule has 2 amide bonds. The molecule has 26 heavy (non-hydrogen) atoms. The summed E-state index contributed by atoms with van der Waals surface area (Å²) in [5.74, 6) is 0.579. The summed E-state index contributed by atoms with van der Waals surface area (Å²) in [5, 5.41) is 4.42. The highest BCUT2D eigenvalue weighted by Crippen LogP contribution is 2.45. The van der Waals surface area contributed by atoms with Crippen molar-refractivity contribution >= 4 is 17.4 Å². The molecule has 1 aromatic heterocycles. The number of carbonyl (C=O) groups excluding carboxylic acids is 1. The molecule has 4 rings (SSSR count). The van der Waals surface area contributed by atoms with Gasteiger partial charge in [-0.1, -0.05) is 0 Å². The van der Waals surface area contributed by atoms with E-state index in [4.69, 9.17) is 4.74 Å². The van der Waals surface area contributed by atoms with Gasteiger partial charge in [-0.25, -0.2) is 4.79 Å². The molecular weight excluding hydrogens is 346 g/mol. The Morgan fingerprint density at radius 2 is 1.96 bits per heavy atom. The molecule has 0 unspecified atom stereocenters. The maximum absolute atomic E-state index is 12.7. The highest BCUT2D eigenvalue weighted by molar-refractivity contribution is 7.07. The molecule has 0 bridgehead atoms. The summed E-state index contributed by atoms with van der Waals surface area (Å²) < 4.78 is 5.58. The SMILES string of the molecule is COC[C@@H]1CN(Cc2ccsc2)CC12CCN(C(=O)N1CCCC1)CC2. The summed E-state index contributed by atoms with van der Waals surface area (Å²) in [6.45, 7) is 7.83. The van der Waals surface area contributed by atoms with E-state index in [1.807, 2.05) is 12.0 Å². The normalized spacial score (nSPS) is 26.1. The lowest BCUT2D eigenvalue weighted by Gasteiger charge is -2.43. The molecule has 0 N–H and O–H groups in total. The van der Waals surface area contributed by atoms with Crippen LogP contribution >= 0.6 is 11.3 Å². The molecule has 4 heterocycles. The Balaban J connectivity index is 1.39. The third kappa shape index (κ3) is 3.64. The molecule has 3 aliphatic rings. The summed E-state index contributed by atoms with van der Waals surface area (Å²) >= 11 is 1.78. The van der Waals surface area contributed by atoms with Crippen LogP contribution in [0.4, 0.5) is 4.79 Å². The van der Waals surface area contributed by atoms with E-state index in [9.17, 15) is 4.79 Å². The highest BCUT2D eigenvalue weighted by atomic mass is 32.1. The van der Waals surface area contributed by atoms with Gasteiger partial charge in [-0.05, 0) is 53.5 Å². The average molecular weight is 378 g/mol. The quantitative estimate of drug-likeness (QED) is 0.809. The molecule has 3 fully saturated rings. The molecule has 0 radical (unpaired) electrons. The van der Waals surface area contributed by atoms with Gasteiger partial charge in [0.05, 0.1) is 6.61 Å². The van der Waals surface area contributed by atoms with Crippen LogP contribution in [0.25, 0.3) is 0 Å². The van der Waals surface area contributed by atoms with Gasteiger partial charge in [-0.15, -0.1) is 0 Å². The van der Waals surface area contributed by atoms with Gasteiger partial charge in [-0.3, -0.25) is 4.90 Å². The van der Waals surface area contributed by atoms with Crippen LogP contribution in [0.1, 0.15) is 31.2 Å². The summed E-state index contributed by atoms with van der Waals surface area (Å²) in [6.07, 6.45) is 4.55. The first-order chi connectivity index (χ1) is 12.7. The minimum atomic E-state index is 0.272. The lowest BCUT2D eigenvalue weighted by Crippen LogP contribution is -2.50. The van der Waals surface area contributed by atoms with Gasteiger partial charge < -0.3 is 14.5 Å². The molecule has 1 spiro atoms. The van der Waals surface area contributed by atoms with Crippen LogP contribution in [-0.4, -0.2) is 73.7 Å². The standard InChI is InChI=1S/C20H31N3O2S/c1-25-14-18-13-21(12-17-4-11-26-15-17)16-20(18)5-9-23(10-6-20)19(24)22-7-2-3-8-22/h4,11,15,18H,2-3,5-10,12-14,16H2,1H3/t18-/m0/s1. The van der Waals surface area contributed by atoms with Crippen LogP contribution in [0.5, 0.6) is 0 Å². The first kappa shape index (κ1) is 18.3. The van der Waals surface area contributed by atoms with Crippen molar-refractivity contribution in [1.82, 2.24) is 14.7 Å². The molecule has 3 aliphatic heterocycles. The lowest BCUT2D eigenvalue weighted by atomic mass is 9.71. The molecule has 144 valence electrons. The van der Waals surface area contributed by atoms with Crippen LogP contribution in [-0.2, 0) is 11.3 Å². The number of nitrogens with zero attached hydrogens (tertiary/aromatic N) is 3. The second-order valence-corrected chi connectivity index (χ2v) is 9.06. The van der Waals surface area contributed by atoms with Gasteiger partial charge in [-0.2, -0.15) is 11.3 Å². The number of thiophene rings is 1. The van der Waals surface area contributed by atoms with Gasteiger partial charge >= 0.3 is 6.03 Å². The highest BCUT2D eigenvalue weighted by Gasteiger charge is 2.48. The number of carbonyl (C=O) groups is 1. The van der Waals surface area contributed by atoms with Crippen molar-refractivity contribution < 1.29 is 9.53 Å². The summed E-state index contributed by atoms with van der Waals surface area (Å²) in [6, 6.07) is 2.51. The minimum absolute atomic E-state index is 0.272. The van der Waals surface area contributed by atoms with Gasteiger partial charge in [0.2, 0.25) is 0 Å². The van der Waals surface area contributed by atoms with Crippen molar-refractivity contribution in [1.29, 1.82) is 0 Å². The van der Waals surface area contributed by atoms with Gasteiger partial charge in [0.1, 0.15) is 0 Å². The van der Waals surface area contributed by atoms with Crippen molar-refractivity contribution in [2.75, 3.05) is 53.0 Å². The fourth-order valence-corrected chi connectivity index (χ4v) is 5.81. The van der Waals surface area contributed by atoms with Gasteiger partial charge in [0.25, 0.3) is 0 Å². The number of piperidine rings is 1. The fraction of sp³-hybridized carbons (Fsp3) is 0.750. The van der Waals surface area contributed by atoms with E-state index in [2.05, 4.69) is 26.6 Å². The molecule has 3 saturated heterocycles. The van der Waals surface area contributed by atoms with Crippen LogP contribution in [0, 0.1) is 11.3 Å². The number of hydrogen-bond donors (Lipinski definition) is 0. The molecule has 0 aromatic carbocycles. The third-order valence-electron chi connectivity index (χ3n) is 6.64. The van der Waals surface area contributed by atoms with Gasteiger partial charge in [0, 0.05) is 58.8 Å². The van der Waals surface area contributed by atoms with E-state index < -0.39 is 0 Å². The Bertz CT molecular complexity index is 592. The smallest absolute Gasteiger partial charge is 0.319 e. The Morgan fingerprint density at radius 1 is 1.23 bits per heavy atom. The Kier molecular flexibility index (Phi) is 5.53. The van der Waals surface area contributed by atoms with Crippen LogP contribution in [0.3, 0.4) is 0 Å². The zero-order valence-corrected chi connectivity index (χ0v) is 16.7. The van der Waals surface area contributed by atoms with Crippen molar-refractivity contribution in [3.05, 3.63) is 22.4 Å². The second kappa shape index (κ2) is 7.87. The second-order valence-electron chi connectivity index (χ2n) is 8.28. The predicted molar refractivity (Wildman–Crippen MR) is 104 cm³/mol. The summed E-state index contributed by atoms with van der Waals surface area (Å²) in [5.41, 5.74) is 1.73. The molecule has 1 aromatic rings. The third-order valence-corrected chi connectivity index (χ3v) is 7.38. The summed E-state index contributed by atoms with van der Waals surface area (Å²) in [7, 11) is 1.82. The fourth-order valence-electron chi connectivity index (χ4n) is 5.15. The van der Waals surface area contributed by atoms with Crippen LogP contribution < -0.4 is 0 Å². The van der Waals surface area contributed by atoms with Gasteiger partial charge in [0.15, 0.2) is 0 Å². The number of rotatable bonds is 4. The average Bonchev–Trinajstić information content (AvgIpc) is 3.39. The zero-order valence-electron chi connectivity index (χ0n) is 15.9. The molecule has 5 nitrogen and oxygen atoms in total. The minimum Gasteiger partial charge on any atom is -0.384 e. The molecule has 0 aliphatic carbocycles. The molecule has 0 saturated carbocycles. The monoisotopic (exact) mass is 377 g/mol. The molecular formula is C20H31N3O2S. The maximum atomic E-state index is 12.7. The largest absolute Gasteiger partial charge is 0.384 e. The number of ether oxygens (including phenoxy) is 1. The van der Waals surface area contributed by atoms with E-state index >= 15 is 0 Å². The van der Waals surface area contributed by atoms with Crippen molar-refractivity contribution in [2.45, 2.75) is 32.2 Å². The number of methoxy groups -OCH3 is 1. The first-order valence-corrected chi connectivity index (χ1v) is 10.9. The van der Waals surface area contributed by atoms with Crippen molar-refractivity contribution in [3.63, 3.8) is 0 Å². The van der Waals surface area contributed by atoms with Crippen LogP contribution in [0.2, 0.25) is 0 Å². The van der Waals surface area contributed by atoms with E-state index in [0.717, 1.165) is 78.1 Å². The molecule has 1 atom stereocenters. The summed E-state index contributed by atoms with van der Waals surface area (Å²) in [4.78, 5) is 19.4. The number of urea groups is 1. The van der Waals surface area contributed by atoms with Crippen molar-refractivity contribution in [2.24, 2.45) is 11.3 Å². The van der Waals surface area contributed by atoms with Crippen LogP contribution in [0.15, 0.2) is 16.8 Å². The van der Waals surface area contributed by atoms with E-state index in [1.165, 1.54) is 5.56 Å². The Labute approximate surface area is 160 Å². The number of hydrogen-bond acceptors (Lipinski definition) is 4. The zero-order chi connectivity index (χ0) is 18.0. The lowest BCUT2D eigenvalue weighted by molar-refractivity contribution is 0.0423. The van der Waals surface area contributed by atoms with E-state index in [-0.39, 0.29) is 6.03 Å². The van der Waals surface area contributed by atoms with E-state index in [1.54, 1.807) is 11.3 Å². The van der Waals surface area contributed by atoms with Crippen molar-refractivity contribution in [3.8, 4) is 0 Å². The predicted octanol–water partition coefficient (Wildman–Crippen LogP) is 3.12. The first-order valence-electron chi connectivity index (χ1n) is 9.96.